The largest absolute Gasteiger partial charge is 0.497 e. The molecule has 0 radical (unpaired) electrons. The molecule has 2 unspecified atom stereocenters. The summed E-state index contributed by atoms with van der Waals surface area (Å²) < 4.78 is 10.6. The summed E-state index contributed by atoms with van der Waals surface area (Å²) in [5.74, 6) is 0.772. The van der Waals surface area contributed by atoms with Crippen molar-refractivity contribution in [1.29, 1.82) is 0 Å². The molecule has 1 aliphatic heterocycles. The summed E-state index contributed by atoms with van der Waals surface area (Å²) in [5.41, 5.74) is 2.89. The van der Waals surface area contributed by atoms with Crippen LogP contribution in [-0.2, 0) is 4.79 Å². The average molecular weight is 440 g/mol. The molecule has 3 rings (SSSR count). The molecule has 1 aliphatic rings. The molecule has 1 heterocycles. The van der Waals surface area contributed by atoms with E-state index in [1.54, 1.807) is 37.3 Å². The van der Waals surface area contributed by atoms with Crippen LogP contribution in [0.2, 0.25) is 0 Å². The van der Waals surface area contributed by atoms with Gasteiger partial charge in [0.2, 0.25) is 5.91 Å². The summed E-state index contributed by atoms with van der Waals surface area (Å²) in [4.78, 5) is 27.8. The van der Waals surface area contributed by atoms with E-state index in [1.165, 1.54) is 0 Å². The van der Waals surface area contributed by atoms with Gasteiger partial charge in [-0.15, -0.1) is 0 Å². The van der Waals surface area contributed by atoms with Gasteiger partial charge in [-0.05, 0) is 44.9 Å². The van der Waals surface area contributed by atoms with Crippen LogP contribution in [0, 0.1) is 12.8 Å². The van der Waals surface area contributed by atoms with Crippen molar-refractivity contribution in [2.24, 2.45) is 5.92 Å². The molecule has 0 aromatic heterocycles. The maximum atomic E-state index is 13.3. The van der Waals surface area contributed by atoms with E-state index in [1.807, 2.05) is 19.9 Å². The molecule has 0 bridgehead atoms. The number of carbonyl (C=O) groups excluding carboxylic acids is 2. The Morgan fingerprint density at radius 1 is 1.06 bits per heavy atom. The Morgan fingerprint density at radius 3 is 2.50 bits per heavy atom. The van der Waals surface area contributed by atoms with Crippen molar-refractivity contribution in [2.75, 3.05) is 32.6 Å². The fourth-order valence-electron chi connectivity index (χ4n) is 4.10. The lowest BCUT2D eigenvalue weighted by atomic mass is 9.83. The van der Waals surface area contributed by atoms with Gasteiger partial charge in [0.25, 0.3) is 0 Å². The minimum absolute atomic E-state index is 0.0256. The Morgan fingerprint density at radius 2 is 1.84 bits per heavy atom. The molecule has 2 N–H and O–H groups in total. The predicted octanol–water partition coefficient (Wildman–Crippen LogP) is 4.17. The van der Waals surface area contributed by atoms with Crippen LogP contribution in [0.3, 0.4) is 0 Å². The first kappa shape index (κ1) is 23.4. The van der Waals surface area contributed by atoms with Gasteiger partial charge in [0.15, 0.2) is 0 Å². The van der Waals surface area contributed by atoms with Crippen LogP contribution in [0.4, 0.5) is 10.5 Å². The zero-order valence-corrected chi connectivity index (χ0v) is 19.5. The predicted molar refractivity (Wildman–Crippen MR) is 125 cm³/mol. The van der Waals surface area contributed by atoms with Crippen LogP contribution in [0.1, 0.15) is 37.3 Å². The van der Waals surface area contributed by atoms with Crippen LogP contribution in [-0.4, -0.2) is 50.2 Å². The molecule has 172 valence electrons. The summed E-state index contributed by atoms with van der Waals surface area (Å²) in [7, 11) is 3.13. The Bertz CT molecular complexity index is 960. The lowest BCUT2D eigenvalue weighted by molar-refractivity contribution is -0.121. The van der Waals surface area contributed by atoms with Crippen molar-refractivity contribution in [2.45, 2.75) is 39.2 Å². The Kier molecular flexibility index (Phi) is 7.62. The van der Waals surface area contributed by atoms with Crippen LogP contribution >= 0.6 is 0 Å². The number of piperidine rings is 1. The summed E-state index contributed by atoms with van der Waals surface area (Å²) in [5, 5.41) is 5.95. The fourth-order valence-corrected chi connectivity index (χ4v) is 4.10. The summed E-state index contributed by atoms with van der Waals surface area (Å²) in [6.45, 7) is 6.86. The average Bonchev–Trinajstić information content (AvgIpc) is 2.78. The number of hydrogen-bond acceptors (Lipinski definition) is 4. The number of urea groups is 1. The molecular formula is C25H33N3O4. The van der Waals surface area contributed by atoms with Crippen LogP contribution < -0.4 is 20.1 Å². The van der Waals surface area contributed by atoms with E-state index in [2.05, 4.69) is 35.8 Å². The molecule has 1 fully saturated rings. The highest BCUT2D eigenvalue weighted by molar-refractivity contribution is 5.94. The van der Waals surface area contributed by atoms with Crippen molar-refractivity contribution in [1.82, 2.24) is 10.2 Å². The first-order valence-corrected chi connectivity index (χ1v) is 11.0. The van der Waals surface area contributed by atoms with Gasteiger partial charge < -0.3 is 25.0 Å². The maximum Gasteiger partial charge on any atom is 0.317 e. The zero-order valence-electron chi connectivity index (χ0n) is 19.5. The van der Waals surface area contributed by atoms with Gasteiger partial charge in [0, 0.05) is 31.1 Å². The molecule has 7 heteroatoms. The first-order valence-electron chi connectivity index (χ1n) is 11.0. The molecule has 32 heavy (non-hydrogen) atoms. The van der Waals surface area contributed by atoms with Crippen molar-refractivity contribution >= 4 is 17.6 Å². The SMILES string of the molecule is COc1ccc(NC(=O)C2CC(c3cccc(C)c3)CN(C(=O)NC(C)C)C2)c(OC)c1. The van der Waals surface area contributed by atoms with Crippen LogP contribution in [0.5, 0.6) is 11.5 Å². The lowest BCUT2D eigenvalue weighted by Crippen LogP contribution is -2.51. The summed E-state index contributed by atoms with van der Waals surface area (Å²) in [6, 6.07) is 13.4. The van der Waals surface area contributed by atoms with Crippen molar-refractivity contribution in [3.05, 3.63) is 53.6 Å². The smallest absolute Gasteiger partial charge is 0.317 e. The van der Waals surface area contributed by atoms with E-state index in [0.717, 1.165) is 11.1 Å². The third-order valence-electron chi connectivity index (χ3n) is 5.70. The van der Waals surface area contributed by atoms with E-state index >= 15 is 0 Å². The number of methoxy groups -OCH3 is 2. The highest BCUT2D eigenvalue weighted by atomic mass is 16.5. The van der Waals surface area contributed by atoms with E-state index < -0.39 is 0 Å². The molecule has 2 aromatic rings. The van der Waals surface area contributed by atoms with E-state index in [4.69, 9.17) is 9.47 Å². The minimum Gasteiger partial charge on any atom is -0.497 e. The lowest BCUT2D eigenvalue weighted by Gasteiger charge is -2.38. The minimum atomic E-state index is -0.348. The van der Waals surface area contributed by atoms with Gasteiger partial charge >= 0.3 is 6.03 Å². The van der Waals surface area contributed by atoms with Crippen molar-refractivity contribution < 1.29 is 19.1 Å². The third-order valence-corrected chi connectivity index (χ3v) is 5.70. The Labute approximate surface area is 190 Å². The van der Waals surface area contributed by atoms with Crippen molar-refractivity contribution in [3.8, 4) is 11.5 Å². The number of aryl methyl sites for hydroxylation is 1. The Hall–Kier alpha value is -3.22. The number of carbonyl (C=O) groups is 2. The molecule has 3 amide bonds. The van der Waals surface area contributed by atoms with Gasteiger partial charge in [0.05, 0.1) is 25.8 Å². The number of nitrogens with one attached hydrogen (secondary N) is 2. The van der Waals surface area contributed by atoms with Gasteiger partial charge in [0.1, 0.15) is 11.5 Å². The van der Waals surface area contributed by atoms with Gasteiger partial charge in [-0.3, -0.25) is 4.79 Å². The van der Waals surface area contributed by atoms with Gasteiger partial charge in [-0.1, -0.05) is 29.8 Å². The number of anilines is 1. The van der Waals surface area contributed by atoms with E-state index in [0.29, 0.717) is 36.7 Å². The number of ether oxygens (including phenoxy) is 2. The first-order chi connectivity index (χ1) is 15.3. The fraction of sp³-hybridized carbons (Fsp3) is 0.440. The quantitative estimate of drug-likeness (QED) is 0.708. The molecule has 2 aromatic carbocycles. The molecule has 2 atom stereocenters. The summed E-state index contributed by atoms with van der Waals surface area (Å²) >= 11 is 0. The number of rotatable bonds is 6. The van der Waals surface area contributed by atoms with E-state index in [-0.39, 0.29) is 29.8 Å². The second-order valence-electron chi connectivity index (χ2n) is 8.61. The van der Waals surface area contributed by atoms with Gasteiger partial charge in [-0.25, -0.2) is 4.79 Å². The number of likely N-dealkylation sites (tertiary alicyclic amines) is 1. The molecular weight excluding hydrogens is 406 g/mol. The number of amides is 3. The highest BCUT2D eigenvalue weighted by Crippen LogP contribution is 2.33. The Balaban J connectivity index is 1.83. The molecule has 1 saturated heterocycles. The monoisotopic (exact) mass is 439 g/mol. The van der Waals surface area contributed by atoms with E-state index in [9.17, 15) is 9.59 Å². The normalized spacial score (nSPS) is 18.2. The number of hydrogen-bond donors (Lipinski definition) is 2. The molecule has 0 aliphatic carbocycles. The van der Waals surface area contributed by atoms with Gasteiger partial charge in [-0.2, -0.15) is 0 Å². The van der Waals surface area contributed by atoms with Crippen LogP contribution in [0.15, 0.2) is 42.5 Å². The number of benzene rings is 2. The standard InChI is InChI=1S/C25H33N3O4/c1-16(2)26-25(30)28-14-19(18-8-6-7-17(3)11-18)12-20(15-28)24(29)27-22-10-9-21(31-4)13-23(22)32-5/h6-11,13,16,19-20H,12,14-15H2,1-5H3,(H,26,30)(H,27,29). The zero-order chi connectivity index (χ0) is 23.3. The second kappa shape index (κ2) is 10.4. The molecule has 0 saturated carbocycles. The highest BCUT2D eigenvalue weighted by Gasteiger charge is 2.35. The molecule has 7 nitrogen and oxygen atoms in total. The number of nitrogens with zero attached hydrogens (tertiary/aromatic N) is 1. The third kappa shape index (κ3) is 5.72. The maximum absolute atomic E-state index is 13.3. The molecule has 0 spiro atoms. The topological polar surface area (TPSA) is 79.9 Å². The second-order valence-corrected chi connectivity index (χ2v) is 8.61. The van der Waals surface area contributed by atoms with Crippen molar-refractivity contribution in [3.63, 3.8) is 0 Å². The summed E-state index contributed by atoms with van der Waals surface area (Å²) in [6.07, 6.45) is 0.666. The van der Waals surface area contributed by atoms with Crippen LogP contribution in [0.25, 0.3) is 0 Å².